The summed E-state index contributed by atoms with van der Waals surface area (Å²) in [5.41, 5.74) is 10.4. The maximum absolute atomic E-state index is 2.70. The van der Waals surface area contributed by atoms with E-state index in [0.717, 1.165) is 0 Å². The first-order valence-electron chi connectivity index (χ1n) is 10.5. The third-order valence-corrected chi connectivity index (χ3v) is 14.7. The standard InChI is InChI=1S/C13H9.C8H11.C7H6.2ClH.Zr/c1-3-7-12-10(5-1)9-11-6-2-4-8-13(11)12;1-6-4-7(2)8(3)5-6;1-7-5-3-2-4-6-7;;;/h1-9H;4,6H,1-3H3;1-6H;2*1H;/q;;;;;+2/p-2. The van der Waals surface area contributed by atoms with E-state index in [1.807, 2.05) is 0 Å². The summed E-state index contributed by atoms with van der Waals surface area (Å²) in [7, 11) is 0. The first-order valence-corrected chi connectivity index (χ1v) is 14.6. The summed E-state index contributed by atoms with van der Waals surface area (Å²) in [6.45, 7) is 7.05. The second-order valence-electron chi connectivity index (χ2n) is 8.29. The van der Waals surface area contributed by atoms with Gasteiger partial charge in [0.2, 0.25) is 0 Å². The molecule has 3 heteroatoms. The summed E-state index contributed by atoms with van der Waals surface area (Å²) in [5.74, 6) is 0.560. The molecule has 1 unspecified atom stereocenters. The molecule has 0 saturated heterocycles. The van der Waals surface area contributed by atoms with E-state index in [1.165, 1.54) is 22.3 Å². The summed E-state index contributed by atoms with van der Waals surface area (Å²) < 4.78 is 5.02. The van der Waals surface area contributed by atoms with Gasteiger partial charge < -0.3 is 24.8 Å². The van der Waals surface area contributed by atoms with Crippen molar-refractivity contribution in [1.82, 2.24) is 0 Å². The molecular weight excluding hydrogens is 498 g/mol. The van der Waals surface area contributed by atoms with Crippen molar-refractivity contribution in [3.8, 4) is 11.1 Å². The number of benzene rings is 3. The Morgan fingerprint density at radius 1 is 0.710 bits per heavy atom. The first-order chi connectivity index (χ1) is 14.1. The quantitative estimate of drug-likeness (QED) is 0.482. The molecule has 2 aliphatic rings. The van der Waals surface area contributed by atoms with Crippen LogP contribution in [0.5, 0.6) is 0 Å². The maximum Gasteiger partial charge on any atom is -1.00 e. The van der Waals surface area contributed by atoms with Crippen molar-refractivity contribution in [2.24, 2.45) is 5.92 Å². The van der Waals surface area contributed by atoms with E-state index in [0.29, 0.717) is 9.54 Å². The topological polar surface area (TPSA) is 0 Å². The van der Waals surface area contributed by atoms with E-state index < -0.39 is 21.3 Å². The van der Waals surface area contributed by atoms with Gasteiger partial charge in [0.05, 0.1) is 0 Å². The summed E-state index contributed by atoms with van der Waals surface area (Å²) in [6.07, 6.45) is 2.48. The molecule has 5 rings (SSSR count). The van der Waals surface area contributed by atoms with Gasteiger partial charge in [0.15, 0.2) is 0 Å². The Labute approximate surface area is 206 Å². The van der Waals surface area contributed by atoms with Crippen LogP contribution in [0.2, 0.25) is 0 Å². The first kappa shape index (κ1) is 24.1. The normalized spacial score (nSPS) is 16.9. The molecule has 0 radical (unpaired) electrons. The number of allylic oxidation sites excluding steroid dienone is 4. The van der Waals surface area contributed by atoms with E-state index in [4.69, 9.17) is 0 Å². The molecule has 0 bridgehead atoms. The zero-order valence-corrected chi connectivity index (χ0v) is 22.0. The molecule has 0 heterocycles. The fourth-order valence-electron chi connectivity index (χ4n) is 5.15. The van der Waals surface area contributed by atoms with Crippen molar-refractivity contribution >= 4 is 3.71 Å². The summed E-state index contributed by atoms with van der Waals surface area (Å²) >= 11 is -2.25. The monoisotopic (exact) mass is 522 g/mol. The van der Waals surface area contributed by atoms with Crippen LogP contribution >= 0.6 is 0 Å². The zero-order valence-electron chi connectivity index (χ0n) is 18.1. The van der Waals surface area contributed by atoms with Gasteiger partial charge in [-0.3, -0.25) is 0 Å². The van der Waals surface area contributed by atoms with Gasteiger partial charge in [-0.2, -0.15) is 0 Å². The minimum atomic E-state index is -2.25. The van der Waals surface area contributed by atoms with E-state index in [9.17, 15) is 0 Å². The molecule has 3 aromatic rings. The van der Waals surface area contributed by atoms with Gasteiger partial charge in [-0.05, 0) is 0 Å². The van der Waals surface area contributed by atoms with Gasteiger partial charge >= 0.3 is 182 Å². The Morgan fingerprint density at radius 2 is 1.23 bits per heavy atom. The molecule has 156 valence electrons. The van der Waals surface area contributed by atoms with Crippen LogP contribution in [0.3, 0.4) is 0 Å². The van der Waals surface area contributed by atoms with Gasteiger partial charge in [0.1, 0.15) is 0 Å². The molecule has 1 atom stereocenters. The molecule has 0 nitrogen and oxygen atoms in total. The smallest absolute Gasteiger partial charge is 1.00 e. The van der Waals surface area contributed by atoms with Crippen LogP contribution in [0, 0.1) is 5.92 Å². The molecular formula is C28H26Cl2Zr. The number of halogens is 2. The molecule has 0 amide bonds. The molecule has 0 spiro atoms. The summed E-state index contributed by atoms with van der Waals surface area (Å²) in [4.78, 5) is 0. The van der Waals surface area contributed by atoms with E-state index in [-0.39, 0.29) is 24.8 Å². The van der Waals surface area contributed by atoms with Gasteiger partial charge in [-0.15, -0.1) is 0 Å². The van der Waals surface area contributed by atoms with Gasteiger partial charge in [0.25, 0.3) is 0 Å². The molecule has 2 aliphatic carbocycles. The van der Waals surface area contributed by atoms with Crippen molar-refractivity contribution < 1.29 is 46.1 Å². The molecule has 0 aromatic heterocycles. The number of rotatable bonds is 3. The van der Waals surface area contributed by atoms with Crippen molar-refractivity contribution in [3.05, 3.63) is 116 Å². The molecule has 31 heavy (non-hydrogen) atoms. The van der Waals surface area contributed by atoms with E-state index in [2.05, 4.69) is 109 Å². The van der Waals surface area contributed by atoms with Crippen LogP contribution in [0.25, 0.3) is 11.1 Å². The van der Waals surface area contributed by atoms with Crippen LogP contribution in [0.1, 0.15) is 41.1 Å². The predicted molar refractivity (Wildman–Crippen MR) is 121 cm³/mol. The van der Waals surface area contributed by atoms with Crippen LogP contribution in [-0.4, -0.2) is 3.71 Å². The molecule has 0 fully saturated rings. The SMILES string of the molecule is CC1=CC(C)[C](/[Zr+2](=[CH]/c2ccccc2)[CH]2c3ccccc3-c3ccccc32)=C1C.[Cl-].[Cl-]. The van der Waals surface area contributed by atoms with Crippen LogP contribution < -0.4 is 24.8 Å². The van der Waals surface area contributed by atoms with Crippen LogP contribution in [0.4, 0.5) is 0 Å². The fourth-order valence-corrected chi connectivity index (χ4v) is 14.0. The fraction of sp³-hybridized carbons (Fsp3) is 0.179. The Morgan fingerprint density at radius 3 is 1.74 bits per heavy atom. The third kappa shape index (κ3) is 4.26. The minimum absolute atomic E-state index is 0. The molecule has 0 saturated carbocycles. The zero-order chi connectivity index (χ0) is 20.0. The van der Waals surface area contributed by atoms with Crippen molar-refractivity contribution in [1.29, 1.82) is 0 Å². The predicted octanol–water partition coefficient (Wildman–Crippen LogP) is 1.10. The van der Waals surface area contributed by atoms with Gasteiger partial charge in [-0.25, -0.2) is 0 Å². The molecule has 0 N–H and O–H groups in total. The van der Waals surface area contributed by atoms with E-state index >= 15 is 0 Å². The van der Waals surface area contributed by atoms with Crippen LogP contribution in [0.15, 0.2) is 99.4 Å². The second kappa shape index (κ2) is 9.95. The van der Waals surface area contributed by atoms with Gasteiger partial charge in [0, 0.05) is 0 Å². The Bertz CT molecular complexity index is 1140. The Balaban J connectivity index is 0.00000136. The number of hydrogen-bond donors (Lipinski definition) is 0. The number of fused-ring (bicyclic) bond motifs is 3. The Kier molecular flexibility index (Phi) is 7.74. The second-order valence-corrected chi connectivity index (χ2v) is 14.0. The van der Waals surface area contributed by atoms with E-state index in [1.54, 1.807) is 20.0 Å². The maximum atomic E-state index is 2.70. The largest absolute Gasteiger partial charge is 1.00 e. The average molecular weight is 525 g/mol. The summed E-state index contributed by atoms with van der Waals surface area (Å²) in [6, 6.07) is 29.3. The van der Waals surface area contributed by atoms with Crippen LogP contribution in [-0.2, 0) is 21.3 Å². The minimum Gasteiger partial charge on any atom is -1.00 e. The van der Waals surface area contributed by atoms with Gasteiger partial charge in [-0.1, -0.05) is 0 Å². The molecule has 0 aliphatic heterocycles. The van der Waals surface area contributed by atoms with Crippen molar-refractivity contribution in [2.75, 3.05) is 0 Å². The van der Waals surface area contributed by atoms with Crippen molar-refractivity contribution in [2.45, 2.75) is 24.4 Å². The molecule has 3 aromatic carbocycles. The average Bonchev–Trinajstić information content (AvgIpc) is 3.21. The summed E-state index contributed by atoms with van der Waals surface area (Å²) in [5, 5.41) is 0. The Hall–Kier alpha value is -1.53. The number of hydrogen-bond acceptors (Lipinski definition) is 0. The third-order valence-electron chi connectivity index (χ3n) is 6.53. The van der Waals surface area contributed by atoms with Crippen molar-refractivity contribution in [3.63, 3.8) is 0 Å².